The highest BCUT2D eigenvalue weighted by atomic mass is 16.3. The van der Waals surface area contributed by atoms with E-state index in [1.807, 2.05) is 24.3 Å². The van der Waals surface area contributed by atoms with Gasteiger partial charge in [-0.1, -0.05) is 12.1 Å². The Morgan fingerprint density at radius 2 is 2.13 bits per heavy atom. The molecule has 7 heteroatoms. The fourth-order valence-corrected chi connectivity index (χ4v) is 3.71. The molecule has 7 nitrogen and oxygen atoms in total. The van der Waals surface area contributed by atoms with E-state index in [2.05, 4.69) is 26.7 Å². The molecule has 0 amide bonds. The maximum atomic E-state index is 9.97. The minimum atomic E-state index is -0.345. The lowest BCUT2D eigenvalue weighted by Crippen LogP contribution is -2.32. The fourth-order valence-electron chi connectivity index (χ4n) is 3.71. The molecule has 4 rings (SSSR count). The summed E-state index contributed by atoms with van der Waals surface area (Å²) in [6, 6.07) is 13.7. The van der Waals surface area contributed by atoms with Gasteiger partial charge < -0.3 is 26.9 Å². The number of fused-ring (bicyclic) bond motifs is 1. The normalized spacial score (nSPS) is 19.0. The fraction of sp³-hybridized carbons (Fsp3) is 0.261. The number of pyridine rings is 2. The minimum Gasteiger partial charge on any atom is -0.396 e. The van der Waals surface area contributed by atoms with Crippen molar-refractivity contribution in [3.8, 4) is 0 Å². The number of nitrogens with one attached hydrogen (secondary N) is 3. The van der Waals surface area contributed by atoms with Gasteiger partial charge >= 0.3 is 0 Å². The van der Waals surface area contributed by atoms with Gasteiger partial charge in [0, 0.05) is 36.1 Å². The SMILES string of the molecule is N=C/C(=C\NC1CCCC1O)c1ccc(N)c(NCc2ccc3ncccc3c2)n1. The molecule has 2 atom stereocenters. The second kappa shape index (κ2) is 8.92. The van der Waals surface area contributed by atoms with Gasteiger partial charge in [-0.2, -0.15) is 0 Å². The Morgan fingerprint density at radius 1 is 1.23 bits per heavy atom. The molecule has 30 heavy (non-hydrogen) atoms. The van der Waals surface area contributed by atoms with Crippen LogP contribution in [0.5, 0.6) is 0 Å². The summed E-state index contributed by atoms with van der Waals surface area (Å²) in [5.74, 6) is 0.576. The summed E-state index contributed by atoms with van der Waals surface area (Å²) in [5, 5.41) is 25.4. The third kappa shape index (κ3) is 4.41. The number of anilines is 2. The Balaban J connectivity index is 1.49. The predicted molar refractivity (Wildman–Crippen MR) is 121 cm³/mol. The van der Waals surface area contributed by atoms with Gasteiger partial charge in [0.25, 0.3) is 0 Å². The van der Waals surface area contributed by atoms with E-state index in [1.54, 1.807) is 24.5 Å². The van der Waals surface area contributed by atoms with E-state index in [0.29, 0.717) is 29.3 Å². The summed E-state index contributed by atoms with van der Waals surface area (Å²) in [7, 11) is 0. The van der Waals surface area contributed by atoms with E-state index in [9.17, 15) is 5.11 Å². The van der Waals surface area contributed by atoms with Gasteiger partial charge in [-0.25, -0.2) is 4.98 Å². The molecule has 0 spiro atoms. The number of nitrogens with two attached hydrogens (primary N) is 1. The quantitative estimate of drug-likeness (QED) is 0.387. The van der Waals surface area contributed by atoms with Crippen LogP contribution in [0.15, 0.2) is 54.9 Å². The molecule has 3 aromatic rings. The lowest BCUT2D eigenvalue weighted by atomic mass is 10.1. The van der Waals surface area contributed by atoms with Crippen LogP contribution in [0, 0.1) is 5.41 Å². The standard InChI is InChI=1S/C23H26N6O/c24-12-17(14-27-21-4-1-5-22(21)30)20-9-7-18(25)23(29-20)28-13-15-6-8-19-16(11-15)3-2-10-26-19/h2-3,6-12,14,21-22,24,27,30H,1,4-5,13,25H2,(H,28,29)/b17-14+,24-12?. The molecule has 6 N–H and O–H groups in total. The van der Waals surface area contributed by atoms with Crippen LogP contribution >= 0.6 is 0 Å². The predicted octanol–water partition coefficient (Wildman–Crippen LogP) is 3.32. The molecule has 2 unspecified atom stereocenters. The molecular formula is C23H26N6O. The van der Waals surface area contributed by atoms with Crippen molar-refractivity contribution in [2.45, 2.75) is 38.0 Å². The molecular weight excluding hydrogens is 376 g/mol. The van der Waals surface area contributed by atoms with Gasteiger partial charge in [-0.3, -0.25) is 4.98 Å². The first-order valence-corrected chi connectivity index (χ1v) is 10.1. The van der Waals surface area contributed by atoms with Crippen molar-refractivity contribution in [2.24, 2.45) is 0 Å². The highest BCUT2D eigenvalue weighted by Crippen LogP contribution is 2.22. The van der Waals surface area contributed by atoms with Crippen LogP contribution < -0.4 is 16.4 Å². The highest BCUT2D eigenvalue weighted by Gasteiger charge is 2.23. The first-order valence-electron chi connectivity index (χ1n) is 10.1. The lowest BCUT2D eigenvalue weighted by molar-refractivity contribution is 0.155. The molecule has 1 aliphatic rings. The molecule has 2 aromatic heterocycles. The number of nitrogens with zero attached hydrogens (tertiary/aromatic N) is 2. The number of hydrogen-bond acceptors (Lipinski definition) is 7. The number of nitrogen functional groups attached to an aromatic ring is 1. The van der Waals surface area contributed by atoms with Crippen molar-refractivity contribution in [3.63, 3.8) is 0 Å². The Kier molecular flexibility index (Phi) is 5.90. The molecule has 2 heterocycles. The largest absolute Gasteiger partial charge is 0.396 e. The van der Waals surface area contributed by atoms with Crippen molar-refractivity contribution in [2.75, 3.05) is 11.1 Å². The summed E-state index contributed by atoms with van der Waals surface area (Å²) in [5.41, 5.74) is 10.00. The number of allylic oxidation sites excluding steroid dienone is 1. The molecule has 1 fully saturated rings. The number of rotatable bonds is 7. The average molecular weight is 403 g/mol. The van der Waals surface area contributed by atoms with Gasteiger partial charge in [-0.05, 0) is 55.2 Å². The van der Waals surface area contributed by atoms with E-state index in [1.165, 1.54) is 6.21 Å². The maximum absolute atomic E-state index is 9.97. The molecule has 1 aromatic carbocycles. The molecule has 1 saturated carbocycles. The van der Waals surface area contributed by atoms with Crippen molar-refractivity contribution < 1.29 is 5.11 Å². The van der Waals surface area contributed by atoms with Crippen molar-refractivity contribution in [3.05, 3.63) is 66.1 Å². The molecule has 0 bridgehead atoms. The Morgan fingerprint density at radius 3 is 2.93 bits per heavy atom. The van der Waals surface area contributed by atoms with Crippen LogP contribution in [-0.2, 0) is 6.54 Å². The number of aromatic nitrogens is 2. The molecule has 1 aliphatic carbocycles. The van der Waals surface area contributed by atoms with Crippen LogP contribution in [-0.4, -0.2) is 33.4 Å². The van der Waals surface area contributed by atoms with E-state index >= 15 is 0 Å². The Hall–Kier alpha value is -3.45. The molecule has 154 valence electrons. The minimum absolute atomic E-state index is 0.0220. The van der Waals surface area contributed by atoms with Crippen LogP contribution in [0.4, 0.5) is 11.5 Å². The Bertz CT molecular complexity index is 1080. The van der Waals surface area contributed by atoms with E-state index in [4.69, 9.17) is 11.1 Å². The lowest BCUT2D eigenvalue weighted by Gasteiger charge is -2.16. The van der Waals surface area contributed by atoms with Gasteiger partial charge in [0.05, 0.1) is 29.0 Å². The molecule has 0 radical (unpaired) electrons. The van der Waals surface area contributed by atoms with Gasteiger partial charge in [-0.15, -0.1) is 0 Å². The third-order valence-corrected chi connectivity index (χ3v) is 5.44. The summed E-state index contributed by atoms with van der Waals surface area (Å²) < 4.78 is 0. The number of hydrogen-bond donors (Lipinski definition) is 5. The first-order chi connectivity index (χ1) is 14.6. The number of aliphatic hydroxyl groups is 1. The smallest absolute Gasteiger partial charge is 0.150 e. The highest BCUT2D eigenvalue weighted by molar-refractivity contribution is 6.07. The first kappa shape index (κ1) is 19.8. The van der Waals surface area contributed by atoms with Gasteiger partial charge in [0.15, 0.2) is 0 Å². The van der Waals surface area contributed by atoms with E-state index < -0.39 is 0 Å². The second-order valence-corrected chi connectivity index (χ2v) is 7.53. The topological polar surface area (TPSA) is 120 Å². The summed E-state index contributed by atoms with van der Waals surface area (Å²) in [6.07, 6.45) is 7.19. The molecule has 0 aliphatic heterocycles. The van der Waals surface area contributed by atoms with Crippen LogP contribution in [0.1, 0.15) is 30.5 Å². The van der Waals surface area contributed by atoms with Crippen molar-refractivity contribution >= 4 is 34.2 Å². The zero-order valence-corrected chi connectivity index (χ0v) is 16.7. The molecule has 0 saturated heterocycles. The van der Waals surface area contributed by atoms with Crippen molar-refractivity contribution in [1.82, 2.24) is 15.3 Å². The van der Waals surface area contributed by atoms with Crippen LogP contribution in [0.25, 0.3) is 16.5 Å². The van der Waals surface area contributed by atoms with Crippen LogP contribution in [0.2, 0.25) is 0 Å². The van der Waals surface area contributed by atoms with Gasteiger partial charge in [0.1, 0.15) is 5.82 Å². The summed E-state index contributed by atoms with van der Waals surface area (Å²) in [6.45, 7) is 0.571. The second-order valence-electron chi connectivity index (χ2n) is 7.53. The third-order valence-electron chi connectivity index (χ3n) is 5.44. The monoisotopic (exact) mass is 402 g/mol. The zero-order valence-electron chi connectivity index (χ0n) is 16.7. The van der Waals surface area contributed by atoms with E-state index in [-0.39, 0.29) is 12.1 Å². The number of benzene rings is 1. The number of aliphatic hydroxyl groups excluding tert-OH is 1. The maximum Gasteiger partial charge on any atom is 0.150 e. The van der Waals surface area contributed by atoms with E-state index in [0.717, 1.165) is 35.7 Å². The summed E-state index contributed by atoms with van der Waals surface area (Å²) in [4.78, 5) is 8.96. The average Bonchev–Trinajstić information content (AvgIpc) is 3.18. The van der Waals surface area contributed by atoms with Gasteiger partial charge in [0.2, 0.25) is 0 Å². The summed E-state index contributed by atoms with van der Waals surface area (Å²) >= 11 is 0. The zero-order chi connectivity index (χ0) is 20.9. The van der Waals surface area contributed by atoms with Crippen LogP contribution in [0.3, 0.4) is 0 Å². The Labute approximate surface area is 175 Å². The van der Waals surface area contributed by atoms with Crippen molar-refractivity contribution in [1.29, 1.82) is 5.41 Å².